The molecule has 0 amide bonds. The zero-order valence-corrected chi connectivity index (χ0v) is 6.63. The average molecular weight is 150 g/mol. The van der Waals surface area contributed by atoms with E-state index in [9.17, 15) is 0 Å². The van der Waals surface area contributed by atoms with Crippen LogP contribution in [0.4, 0.5) is 0 Å². The number of hydrazone groups is 1. The van der Waals surface area contributed by atoms with Gasteiger partial charge in [-0.1, -0.05) is 0 Å². The van der Waals surface area contributed by atoms with Gasteiger partial charge in [-0.2, -0.15) is 5.10 Å². The fourth-order valence-electron chi connectivity index (χ4n) is 1.21. The Morgan fingerprint density at radius 1 is 1.64 bits per heavy atom. The van der Waals surface area contributed by atoms with Crippen molar-refractivity contribution in [2.24, 2.45) is 12.1 Å². The summed E-state index contributed by atoms with van der Waals surface area (Å²) in [6.07, 6.45) is 1.80. The summed E-state index contributed by atoms with van der Waals surface area (Å²) in [5.74, 6) is 1.03. The van der Waals surface area contributed by atoms with Gasteiger partial charge in [0.05, 0.1) is 24.1 Å². The number of aryl methyl sites for hydroxylation is 1. The summed E-state index contributed by atoms with van der Waals surface area (Å²) >= 11 is 0. The van der Waals surface area contributed by atoms with Crippen LogP contribution in [0.2, 0.25) is 0 Å². The molecule has 0 saturated heterocycles. The standard InChI is InChI=1S/C7H10N4/c1-5-10-6-3-8-9-4-7(6)11(5)2/h4,8H,3H2,1-2H3. The smallest absolute Gasteiger partial charge is 0.106 e. The molecule has 1 N–H and O–H groups in total. The number of hydrogen-bond acceptors (Lipinski definition) is 3. The van der Waals surface area contributed by atoms with Crippen LogP contribution in [0.1, 0.15) is 17.2 Å². The first-order valence-electron chi connectivity index (χ1n) is 3.57. The van der Waals surface area contributed by atoms with Gasteiger partial charge in [0.1, 0.15) is 5.82 Å². The van der Waals surface area contributed by atoms with Crippen LogP contribution in [0, 0.1) is 6.92 Å². The molecule has 0 radical (unpaired) electrons. The van der Waals surface area contributed by atoms with Gasteiger partial charge in [0.25, 0.3) is 0 Å². The van der Waals surface area contributed by atoms with Crippen molar-refractivity contribution < 1.29 is 0 Å². The van der Waals surface area contributed by atoms with Gasteiger partial charge < -0.3 is 9.99 Å². The largest absolute Gasteiger partial charge is 0.330 e. The third-order valence-corrected chi connectivity index (χ3v) is 1.96. The predicted octanol–water partition coefficient (Wildman–Crippen LogP) is 0.166. The predicted molar refractivity (Wildman–Crippen MR) is 42.4 cm³/mol. The topological polar surface area (TPSA) is 42.2 Å². The Labute approximate surface area is 64.9 Å². The highest BCUT2D eigenvalue weighted by molar-refractivity contribution is 5.79. The second-order valence-corrected chi connectivity index (χ2v) is 2.64. The van der Waals surface area contributed by atoms with Crippen LogP contribution in [0.3, 0.4) is 0 Å². The third-order valence-electron chi connectivity index (χ3n) is 1.96. The van der Waals surface area contributed by atoms with Crippen LogP contribution in [-0.2, 0) is 13.6 Å². The average Bonchev–Trinajstić information content (AvgIpc) is 2.30. The minimum absolute atomic E-state index is 0.744. The summed E-state index contributed by atoms with van der Waals surface area (Å²) in [5.41, 5.74) is 5.07. The van der Waals surface area contributed by atoms with Crippen molar-refractivity contribution in [2.75, 3.05) is 0 Å². The van der Waals surface area contributed by atoms with Crippen molar-refractivity contribution in [1.29, 1.82) is 0 Å². The van der Waals surface area contributed by atoms with Crippen LogP contribution in [0.15, 0.2) is 5.10 Å². The second-order valence-electron chi connectivity index (χ2n) is 2.64. The third kappa shape index (κ3) is 0.824. The molecule has 0 bridgehead atoms. The van der Waals surface area contributed by atoms with Gasteiger partial charge in [-0.3, -0.25) is 0 Å². The van der Waals surface area contributed by atoms with Crippen LogP contribution >= 0.6 is 0 Å². The highest BCUT2D eigenvalue weighted by Crippen LogP contribution is 2.09. The van der Waals surface area contributed by atoms with Crippen molar-refractivity contribution in [3.8, 4) is 0 Å². The summed E-state index contributed by atoms with van der Waals surface area (Å²) in [4.78, 5) is 4.36. The molecule has 4 heteroatoms. The lowest BCUT2D eigenvalue weighted by molar-refractivity contribution is 0.715. The normalized spacial score (nSPS) is 14.4. The number of fused-ring (bicyclic) bond motifs is 1. The van der Waals surface area contributed by atoms with E-state index < -0.39 is 0 Å². The van der Waals surface area contributed by atoms with E-state index in [1.165, 1.54) is 0 Å². The van der Waals surface area contributed by atoms with E-state index in [0.29, 0.717) is 0 Å². The Morgan fingerprint density at radius 2 is 2.45 bits per heavy atom. The molecule has 0 fully saturated rings. The SMILES string of the molecule is Cc1nc2c(n1C)C=NNC2. The van der Waals surface area contributed by atoms with Crippen molar-refractivity contribution in [3.05, 3.63) is 17.2 Å². The molecule has 0 aliphatic carbocycles. The molecule has 0 atom stereocenters. The Hall–Kier alpha value is -1.32. The van der Waals surface area contributed by atoms with E-state index in [0.717, 1.165) is 23.8 Å². The first-order chi connectivity index (χ1) is 5.29. The van der Waals surface area contributed by atoms with Gasteiger partial charge in [0.2, 0.25) is 0 Å². The molecule has 1 aliphatic heterocycles. The van der Waals surface area contributed by atoms with Gasteiger partial charge in [-0.25, -0.2) is 4.98 Å². The number of nitrogens with zero attached hydrogens (tertiary/aromatic N) is 3. The summed E-state index contributed by atoms with van der Waals surface area (Å²) in [6, 6.07) is 0. The molecule has 2 rings (SSSR count). The van der Waals surface area contributed by atoms with E-state index >= 15 is 0 Å². The maximum atomic E-state index is 4.36. The van der Waals surface area contributed by atoms with Gasteiger partial charge >= 0.3 is 0 Å². The first kappa shape index (κ1) is 6.39. The van der Waals surface area contributed by atoms with Gasteiger partial charge in [-0.15, -0.1) is 0 Å². The lowest BCUT2D eigenvalue weighted by atomic mass is 10.3. The van der Waals surface area contributed by atoms with Crippen LogP contribution in [0.25, 0.3) is 0 Å². The Bertz CT molecular complexity index is 310. The summed E-state index contributed by atoms with van der Waals surface area (Å²) in [6.45, 7) is 2.74. The van der Waals surface area contributed by atoms with E-state index in [2.05, 4.69) is 15.5 Å². The lowest BCUT2D eigenvalue weighted by Gasteiger charge is -2.05. The molecule has 58 valence electrons. The Morgan fingerprint density at radius 3 is 3.18 bits per heavy atom. The monoisotopic (exact) mass is 150 g/mol. The number of nitrogens with one attached hydrogen (secondary N) is 1. The van der Waals surface area contributed by atoms with Gasteiger partial charge in [0, 0.05) is 7.05 Å². The summed E-state index contributed by atoms with van der Waals surface area (Å²) in [7, 11) is 2.00. The molecule has 0 aromatic carbocycles. The molecular formula is C7H10N4. The second kappa shape index (κ2) is 2.08. The van der Waals surface area contributed by atoms with Crippen molar-refractivity contribution in [2.45, 2.75) is 13.5 Å². The molecular weight excluding hydrogens is 140 g/mol. The van der Waals surface area contributed by atoms with E-state index in [4.69, 9.17) is 0 Å². The zero-order chi connectivity index (χ0) is 7.84. The minimum atomic E-state index is 0.744. The van der Waals surface area contributed by atoms with Crippen LogP contribution < -0.4 is 5.43 Å². The van der Waals surface area contributed by atoms with Crippen molar-refractivity contribution in [3.63, 3.8) is 0 Å². The molecule has 1 aromatic heterocycles. The first-order valence-corrected chi connectivity index (χ1v) is 3.57. The Kier molecular flexibility index (Phi) is 1.21. The maximum absolute atomic E-state index is 4.36. The fourth-order valence-corrected chi connectivity index (χ4v) is 1.21. The fraction of sp³-hybridized carbons (Fsp3) is 0.429. The van der Waals surface area contributed by atoms with Crippen LogP contribution in [0.5, 0.6) is 0 Å². The molecule has 1 aromatic rings. The maximum Gasteiger partial charge on any atom is 0.106 e. The van der Waals surface area contributed by atoms with Crippen molar-refractivity contribution in [1.82, 2.24) is 15.0 Å². The van der Waals surface area contributed by atoms with E-state index in [1.54, 1.807) is 6.21 Å². The lowest BCUT2D eigenvalue weighted by Crippen LogP contribution is -2.14. The quantitative estimate of drug-likeness (QED) is 0.572. The number of imidazole rings is 1. The van der Waals surface area contributed by atoms with E-state index in [-0.39, 0.29) is 0 Å². The molecule has 11 heavy (non-hydrogen) atoms. The summed E-state index contributed by atoms with van der Waals surface area (Å²) < 4.78 is 2.04. The van der Waals surface area contributed by atoms with Crippen LogP contribution in [-0.4, -0.2) is 15.8 Å². The molecule has 1 aliphatic rings. The minimum Gasteiger partial charge on any atom is -0.330 e. The van der Waals surface area contributed by atoms with E-state index in [1.807, 2.05) is 18.5 Å². The zero-order valence-electron chi connectivity index (χ0n) is 6.63. The Balaban J connectivity index is 2.61. The number of rotatable bonds is 0. The molecule has 0 saturated carbocycles. The number of aromatic nitrogens is 2. The molecule has 2 heterocycles. The highest BCUT2D eigenvalue weighted by atomic mass is 15.3. The van der Waals surface area contributed by atoms with Gasteiger partial charge in [0.15, 0.2) is 0 Å². The molecule has 0 spiro atoms. The number of hydrogen-bond donors (Lipinski definition) is 1. The van der Waals surface area contributed by atoms with Crippen molar-refractivity contribution >= 4 is 6.21 Å². The summed E-state index contributed by atoms with van der Waals surface area (Å²) in [5, 5.41) is 3.96. The molecule has 0 unspecified atom stereocenters. The van der Waals surface area contributed by atoms with Gasteiger partial charge in [-0.05, 0) is 6.92 Å². The molecule has 4 nitrogen and oxygen atoms in total. The highest BCUT2D eigenvalue weighted by Gasteiger charge is 2.11.